The molecule has 1 unspecified atom stereocenters. The van der Waals surface area contributed by atoms with Crippen molar-refractivity contribution >= 4 is 31.4 Å². The van der Waals surface area contributed by atoms with Gasteiger partial charge in [0.15, 0.2) is 0 Å². The van der Waals surface area contributed by atoms with Crippen LogP contribution in [0.25, 0.3) is 0 Å². The van der Waals surface area contributed by atoms with E-state index in [-0.39, 0.29) is 24.2 Å². The van der Waals surface area contributed by atoms with Crippen LogP contribution in [0.1, 0.15) is 6.92 Å². The molecule has 0 rings (SSSR count). The van der Waals surface area contributed by atoms with Gasteiger partial charge in [-0.1, -0.05) is 6.92 Å². The molecule has 0 aromatic heterocycles. The van der Waals surface area contributed by atoms with Crippen LogP contribution in [-0.2, 0) is 4.57 Å². The minimum absolute atomic E-state index is 0. The second kappa shape index (κ2) is 4.63. The maximum Gasteiger partial charge on any atom is 0.214 e. The van der Waals surface area contributed by atoms with Gasteiger partial charge in [0.25, 0.3) is 0 Å². The van der Waals surface area contributed by atoms with Gasteiger partial charge in [0.1, 0.15) is 0 Å². The Kier molecular flexibility index (Phi) is 6.69. The van der Waals surface area contributed by atoms with Gasteiger partial charge in [-0.15, -0.1) is 24.0 Å². The minimum Gasteiger partial charge on any atom is -0.343 e. The summed E-state index contributed by atoms with van der Waals surface area (Å²) in [6.45, 7) is 1.64. The molecule has 0 spiro atoms. The first-order valence-electron chi connectivity index (χ1n) is 1.99. The predicted molar refractivity (Wildman–Crippen MR) is 38.3 cm³/mol. The average molecular weight is 179 g/mol. The summed E-state index contributed by atoms with van der Waals surface area (Å²) < 4.78 is 10.4. The Morgan fingerprint density at radius 3 is 2.12 bits per heavy atom. The zero-order valence-electron chi connectivity index (χ0n) is 4.50. The Labute approximate surface area is 60.1 Å². The van der Waals surface area contributed by atoms with E-state index in [1.165, 1.54) is 0 Å². The van der Waals surface area contributed by atoms with Gasteiger partial charge in [0.2, 0.25) is 7.37 Å². The van der Waals surface area contributed by atoms with Crippen molar-refractivity contribution in [2.45, 2.75) is 6.92 Å². The first kappa shape index (κ1) is 11.6. The molecule has 0 amide bonds. The van der Waals surface area contributed by atoms with Crippen LogP contribution in [0.2, 0.25) is 0 Å². The van der Waals surface area contributed by atoms with Gasteiger partial charge >= 0.3 is 0 Å². The fraction of sp³-hybridized carbons (Fsp3) is 1.00. The predicted octanol–water partition coefficient (Wildman–Crippen LogP) is 1.89. The average Bonchev–Trinajstić information content (AvgIpc) is 1.68. The lowest BCUT2D eigenvalue weighted by Crippen LogP contribution is -1.82. The van der Waals surface area contributed by atoms with Crippen molar-refractivity contribution < 1.29 is 9.46 Å². The third-order valence-electron chi connectivity index (χ3n) is 0.681. The molecule has 52 valence electrons. The molecule has 0 radical (unpaired) electrons. The molecule has 0 fully saturated rings. The third-order valence-corrected chi connectivity index (χ3v) is 3.16. The molecule has 5 heteroatoms. The molecule has 0 aliphatic rings. The highest BCUT2D eigenvalue weighted by Gasteiger charge is 2.10. The smallest absolute Gasteiger partial charge is 0.214 e. The van der Waals surface area contributed by atoms with E-state index in [4.69, 9.17) is 16.5 Å². The Morgan fingerprint density at radius 1 is 1.75 bits per heavy atom. The lowest BCUT2D eigenvalue weighted by molar-refractivity contribution is 0.484. The van der Waals surface area contributed by atoms with E-state index in [1.54, 1.807) is 6.92 Å². The van der Waals surface area contributed by atoms with Gasteiger partial charge in [-0.3, -0.25) is 4.57 Å². The molecule has 0 bridgehead atoms. The van der Waals surface area contributed by atoms with Crippen molar-refractivity contribution in [3.63, 3.8) is 0 Å². The first-order chi connectivity index (χ1) is 3.12. The maximum atomic E-state index is 10.4. The van der Waals surface area contributed by atoms with Crippen molar-refractivity contribution in [1.82, 2.24) is 0 Å². The Hall–Kier alpha value is 0.770. The van der Waals surface area contributed by atoms with E-state index < -0.39 is 7.37 Å². The van der Waals surface area contributed by atoms with Crippen LogP contribution in [0, 0.1) is 0 Å². The Morgan fingerprint density at radius 2 is 2.12 bits per heavy atom. The van der Waals surface area contributed by atoms with Crippen molar-refractivity contribution in [2.75, 3.05) is 11.8 Å². The molecule has 0 saturated carbocycles. The van der Waals surface area contributed by atoms with E-state index in [1.807, 2.05) is 0 Å². The summed E-state index contributed by atoms with van der Waals surface area (Å²) in [6, 6.07) is 0. The molecule has 0 heterocycles. The quantitative estimate of drug-likeness (QED) is 0.519. The highest BCUT2D eigenvalue weighted by atomic mass is 35.5. The first-order valence-corrected chi connectivity index (χ1v) is 4.55. The van der Waals surface area contributed by atoms with Crippen LogP contribution in [0.15, 0.2) is 0 Å². The molecular formula is C3H9Cl2O2P. The SMILES string of the molecule is CCP(=O)(O)CCl.Cl. The van der Waals surface area contributed by atoms with Crippen LogP contribution in [0.3, 0.4) is 0 Å². The van der Waals surface area contributed by atoms with Gasteiger partial charge < -0.3 is 4.89 Å². The zero-order chi connectivity index (χ0) is 5.91. The van der Waals surface area contributed by atoms with Crippen molar-refractivity contribution in [1.29, 1.82) is 0 Å². The Bertz CT molecular complexity index is 87.3. The fourth-order valence-corrected chi connectivity index (χ4v) is 0.761. The topological polar surface area (TPSA) is 37.3 Å². The van der Waals surface area contributed by atoms with Crippen LogP contribution < -0.4 is 0 Å². The monoisotopic (exact) mass is 178 g/mol. The zero-order valence-corrected chi connectivity index (χ0v) is 6.97. The van der Waals surface area contributed by atoms with Gasteiger partial charge in [0, 0.05) is 6.16 Å². The molecule has 1 atom stereocenters. The summed E-state index contributed by atoms with van der Waals surface area (Å²) >= 11 is 5.08. The molecule has 0 aliphatic carbocycles. The van der Waals surface area contributed by atoms with Crippen molar-refractivity contribution in [2.24, 2.45) is 0 Å². The second-order valence-electron chi connectivity index (χ2n) is 1.28. The summed E-state index contributed by atoms with van der Waals surface area (Å²) in [7, 11) is -2.89. The second-order valence-corrected chi connectivity index (χ2v) is 4.56. The summed E-state index contributed by atoms with van der Waals surface area (Å²) in [5.74, 6) is 0. The van der Waals surface area contributed by atoms with E-state index >= 15 is 0 Å². The molecule has 0 aromatic carbocycles. The van der Waals surface area contributed by atoms with Gasteiger partial charge in [-0.05, 0) is 0 Å². The summed E-state index contributed by atoms with van der Waals surface area (Å²) in [4.78, 5) is 8.56. The molecule has 8 heavy (non-hydrogen) atoms. The molecule has 1 N–H and O–H groups in total. The summed E-state index contributed by atoms with van der Waals surface area (Å²) in [5, 5.41) is 0. The van der Waals surface area contributed by atoms with Gasteiger partial charge in [0.05, 0.1) is 5.62 Å². The number of rotatable bonds is 2. The highest BCUT2D eigenvalue weighted by Crippen LogP contribution is 2.40. The van der Waals surface area contributed by atoms with Crippen LogP contribution in [0.4, 0.5) is 0 Å². The molecule has 2 nitrogen and oxygen atoms in total. The largest absolute Gasteiger partial charge is 0.343 e. The van der Waals surface area contributed by atoms with Gasteiger partial charge in [-0.25, -0.2) is 0 Å². The number of alkyl halides is 1. The van der Waals surface area contributed by atoms with E-state index in [9.17, 15) is 4.57 Å². The minimum atomic E-state index is -2.89. The normalized spacial score (nSPS) is 16.4. The standard InChI is InChI=1S/C3H8ClO2P.ClH/c1-2-7(5,6)3-4;/h2-3H2,1H3,(H,5,6);1H. The Balaban J connectivity index is 0. The van der Waals surface area contributed by atoms with Crippen LogP contribution >= 0.6 is 31.4 Å². The highest BCUT2D eigenvalue weighted by molar-refractivity contribution is 7.59. The lowest BCUT2D eigenvalue weighted by Gasteiger charge is -1.99. The third kappa shape index (κ3) is 4.92. The maximum absolute atomic E-state index is 10.4. The van der Waals surface area contributed by atoms with Crippen LogP contribution in [-0.4, -0.2) is 16.7 Å². The van der Waals surface area contributed by atoms with Crippen molar-refractivity contribution in [3.8, 4) is 0 Å². The lowest BCUT2D eigenvalue weighted by atomic mass is 11.0. The van der Waals surface area contributed by atoms with Gasteiger partial charge in [-0.2, -0.15) is 0 Å². The van der Waals surface area contributed by atoms with E-state index in [2.05, 4.69) is 0 Å². The van der Waals surface area contributed by atoms with E-state index in [0.29, 0.717) is 0 Å². The summed E-state index contributed by atoms with van der Waals surface area (Å²) in [6.07, 6.45) is 0.274. The molecule has 0 saturated heterocycles. The fourth-order valence-electron chi connectivity index (χ4n) is 0.0845. The molecule has 0 aliphatic heterocycles. The van der Waals surface area contributed by atoms with E-state index in [0.717, 1.165) is 0 Å². The number of hydrogen-bond acceptors (Lipinski definition) is 1. The van der Waals surface area contributed by atoms with Crippen LogP contribution in [0.5, 0.6) is 0 Å². The number of hydrogen-bond donors (Lipinski definition) is 1. The molecular weight excluding hydrogens is 170 g/mol. The van der Waals surface area contributed by atoms with Crippen molar-refractivity contribution in [3.05, 3.63) is 0 Å². The summed E-state index contributed by atoms with van der Waals surface area (Å²) in [5.41, 5.74) is -0.122. The molecule has 0 aromatic rings. The number of halogens is 2.